The molecule has 4 nitrogen and oxygen atoms in total. The van der Waals surface area contributed by atoms with Gasteiger partial charge in [-0.05, 0) is 11.4 Å². The van der Waals surface area contributed by atoms with E-state index in [1.54, 1.807) is 11.3 Å². The van der Waals surface area contributed by atoms with Crippen molar-refractivity contribution in [3.05, 3.63) is 17.5 Å². The molecule has 70 valence electrons. The highest BCUT2D eigenvalue weighted by Crippen LogP contribution is 2.25. The van der Waals surface area contributed by atoms with Crippen LogP contribution in [-0.4, -0.2) is 16.0 Å². The molecule has 2 rings (SSSR count). The summed E-state index contributed by atoms with van der Waals surface area (Å²) >= 11 is 2.78. The largest absolute Gasteiger partial charge is 0.410 e. The van der Waals surface area contributed by atoms with Crippen LogP contribution in [0.4, 0.5) is 0 Å². The van der Waals surface area contributed by atoms with Crippen LogP contribution in [0.5, 0.6) is 0 Å². The Labute approximate surface area is 88.6 Å². The summed E-state index contributed by atoms with van der Waals surface area (Å²) in [5.41, 5.74) is 0. The average Bonchev–Trinajstić information content (AvgIpc) is 2.85. The molecule has 0 saturated carbocycles. The van der Waals surface area contributed by atoms with Crippen LogP contribution >= 0.6 is 23.1 Å². The lowest BCUT2D eigenvalue weighted by molar-refractivity contribution is 0.467. The SMILES string of the molecule is N#CCSc1nnc(-c2cccs2)o1. The fourth-order valence-corrected chi connectivity index (χ4v) is 1.93. The first kappa shape index (κ1) is 9.24. The molecule has 2 heterocycles. The van der Waals surface area contributed by atoms with Gasteiger partial charge in [0, 0.05) is 0 Å². The van der Waals surface area contributed by atoms with Crippen LogP contribution in [0.3, 0.4) is 0 Å². The highest BCUT2D eigenvalue weighted by molar-refractivity contribution is 7.99. The highest BCUT2D eigenvalue weighted by atomic mass is 32.2. The second-order valence-corrected chi connectivity index (χ2v) is 4.17. The van der Waals surface area contributed by atoms with Gasteiger partial charge in [0.2, 0.25) is 0 Å². The summed E-state index contributed by atoms with van der Waals surface area (Å²) in [6, 6.07) is 5.83. The Morgan fingerprint density at radius 3 is 3.21 bits per heavy atom. The van der Waals surface area contributed by atoms with Gasteiger partial charge in [-0.2, -0.15) is 5.26 Å². The molecule has 6 heteroatoms. The summed E-state index contributed by atoms with van der Waals surface area (Å²) in [4.78, 5) is 0.946. The molecule has 0 N–H and O–H groups in total. The van der Waals surface area contributed by atoms with Gasteiger partial charge < -0.3 is 4.42 Å². The molecule has 0 saturated heterocycles. The standard InChI is InChI=1S/C8H5N3OS2/c9-3-5-14-8-11-10-7(12-8)6-2-1-4-13-6/h1-2,4H,5H2. The van der Waals surface area contributed by atoms with Crippen molar-refractivity contribution in [3.8, 4) is 16.8 Å². The zero-order valence-electron chi connectivity index (χ0n) is 7.01. The Hall–Kier alpha value is -1.32. The van der Waals surface area contributed by atoms with Gasteiger partial charge in [0.25, 0.3) is 11.1 Å². The van der Waals surface area contributed by atoms with Crippen LogP contribution in [0.1, 0.15) is 0 Å². The lowest BCUT2D eigenvalue weighted by Crippen LogP contribution is -1.73. The molecule has 0 aliphatic carbocycles. The summed E-state index contributed by atoms with van der Waals surface area (Å²) in [6.45, 7) is 0. The zero-order chi connectivity index (χ0) is 9.80. The summed E-state index contributed by atoms with van der Waals surface area (Å²) in [5, 5.41) is 18.4. The number of nitrogens with zero attached hydrogens (tertiary/aromatic N) is 3. The quantitative estimate of drug-likeness (QED) is 0.748. The minimum Gasteiger partial charge on any atom is -0.410 e. The Kier molecular flexibility index (Phi) is 2.81. The fraction of sp³-hybridized carbons (Fsp3) is 0.125. The van der Waals surface area contributed by atoms with Crippen molar-refractivity contribution in [1.29, 1.82) is 5.26 Å². The molecule has 0 aromatic carbocycles. The first-order chi connectivity index (χ1) is 6.90. The van der Waals surface area contributed by atoms with Crippen LogP contribution in [0.25, 0.3) is 10.8 Å². The molecule has 0 aliphatic heterocycles. The van der Waals surface area contributed by atoms with Gasteiger partial charge in [-0.15, -0.1) is 21.5 Å². The molecule has 0 unspecified atom stereocenters. The molecule has 14 heavy (non-hydrogen) atoms. The van der Waals surface area contributed by atoms with E-state index in [4.69, 9.17) is 9.68 Å². The van der Waals surface area contributed by atoms with E-state index in [2.05, 4.69) is 10.2 Å². The van der Waals surface area contributed by atoms with E-state index in [9.17, 15) is 0 Å². The monoisotopic (exact) mass is 223 g/mol. The maximum Gasteiger partial charge on any atom is 0.277 e. The van der Waals surface area contributed by atoms with Crippen molar-refractivity contribution in [1.82, 2.24) is 10.2 Å². The third-order valence-electron chi connectivity index (χ3n) is 1.40. The van der Waals surface area contributed by atoms with E-state index in [1.807, 2.05) is 23.6 Å². The number of nitriles is 1. The van der Waals surface area contributed by atoms with Gasteiger partial charge in [0.05, 0.1) is 16.7 Å². The van der Waals surface area contributed by atoms with Crippen molar-refractivity contribution in [2.45, 2.75) is 5.22 Å². The smallest absolute Gasteiger partial charge is 0.277 e. The molecule has 0 aliphatic rings. The maximum atomic E-state index is 8.36. The van der Waals surface area contributed by atoms with Gasteiger partial charge in [-0.1, -0.05) is 17.8 Å². The number of aromatic nitrogens is 2. The molecular formula is C8H5N3OS2. The van der Waals surface area contributed by atoms with Crippen molar-refractivity contribution >= 4 is 23.1 Å². The van der Waals surface area contributed by atoms with Gasteiger partial charge in [-0.25, -0.2) is 0 Å². The van der Waals surface area contributed by atoms with Crippen LogP contribution in [0.15, 0.2) is 27.2 Å². The summed E-state index contributed by atoms with van der Waals surface area (Å²) in [6.07, 6.45) is 0. The fourth-order valence-electron chi connectivity index (χ4n) is 0.862. The van der Waals surface area contributed by atoms with Crippen molar-refractivity contribution in [2.75, 3.05) is 5.75 Å². The first-order valence-electron chi connectivity index (χ1n) is 3.77. The molecule has 0 spiro atoms. The van der Waals surface area contributed by atoms with Gasteiger partial charge in [-0.3, -0.25) is 0 Å². The number of thioether (sulfide) groups is 1. The van der Waals surface area contributed by atoms with Crippen molar-refractivity contribution < 1.29 is 4.42 Å². The molecule has 0 radical (unpaired) electrons. The van der Waals surface area contributed by atoms with Crippen LogP contribution < -0.4 is 0 Å². The summed E-state index contributed by atoms with van der Waals surface area (Å²) < 4.78 is 5.33. The van der Waals surface area contributed by atoms with Gasteiger partial charge in [0.15, 0.2) is 0 Å². The normalized spacial score (nSPS) is 9.93. The second kappa shape index (κ2) is 4.26. The van der Waals surface area contributed by atoms with Crippen molar-refractivity contribution in [2.24, 2.45) is 0 Å². The number of hydrogen-bond donors (Lipinski definition) is 0. The molecular weight excluding hydrogens is 218 g/mol. The second-order valence-electron chi connectivity index (χ2n) is 2.30. The molecule has 0 fully saturated rings. The molecule has 2 aromatic rings. The van der Waals surface area contributed by atoms with E-state index in [0.29, 0.717) is 16.9 Å². The first-order valence-corrected chi connectivity index (χ1v) is 5.64. The average molecular weight is 223 g/mol. The topological polar surface area (TPSA) is 62.7 Å². The van der Waals surface area contributed by atoms with E-state index in [1.165, 1.54) is 11.8 Å². The third-order valence-corrected chi connectivity index (χ3v) is 2.94. The lowest BCUT2D eigenvalue weighted by atomic mass is 10.5. The van der Waals surface area contributed by atoms with Gasteiger partial charge >= 0.3 is 0 Å². The molecule has 0 bridgehead atoms. The summed E-state index contributed by atoms with van der Waals surface area (Å²) in [5.74, 6) is 0.840. The van der Waals surface area contributed by atoms with Gasteiger partial charge in [0.1, 0.15) is 0 Å². The Morgan fingerprint density at radius 2 is 2.50 bits per heavy atom. The third kappa shape index (κ3) is 1.95. The molecule has 0 atom stereocenters. The number of hydrogen-bond acceptors (Lipinski definition) is 6. The minimum absolute atomic E-state index is 0.325. The highest BCUT2D eigenvalue weighted by Gasteiger charge is 2.08. The number of thiophene rings is 1. The van der Waals surface area contributed by atoms with Crippen LogP contribution in [-0.2, 0) is 0 Å². The van der Waals surface area contributed by atoms with E-state index in [-0.39, 0.29) is 0 Å². The maximum absolute atomic E-state index is 8.36. The zero-order valence-corrected chi connectivity index (χ0v) is 8.64. The van der Waals surface area contributed by atoms with E-state index >= 15 is 0 Å². The predicted octanol–water partition coefficient (Wildman–Crippen LogP) is 2.41. The Balaban J connectivity index is 2.15. The van der Waals surface area contributed by atoms with Crippen molar-refractivity contribution in [3.63, 3.8) is 0 Å². The Bertz CT molecular complexity index is 443. The predicted molar refractivity (Wildman–Crippen MR) is 53.9 cm³/mol. The molecule has 2 aromatic heterocycles. The van der Waals surface area contributed by atoms with Crippen LogP contribution in [0, 0.1) is 11.3 Å². The van der Waals surface area contributed by atoms with E-state index < -0.39 is 0 Å². The number of rotatable bonds is 3. The lowest BCUT2D eigenvalue weighted by Gasteiger charge is -1.85. The van der Waals surface area contributed by atoms with E-state index in [0.717, 1.165) is 4.88 Å². The minimum atomic E-state index is 0.325. The molecule has 0 amide bonds. The van der Waals surface area contributed by atoms with Crippen LogP contribution in [0.2, 0.25) is 0 Å². The Morgan fingerprint density at radius 1 is 1.57 bits per heavy atom. The summed E-state index contributed by atoms with van der Waals surface area (Å²) in [7, 11) is 0.